The van der Waals surface area contributed by atoms with Crippen LogP contribution in [0, 0.1) is 10.1 Å². The third kappa shape index (κ3) is 4.21. The number of hydrazone groups is 1. The summed E-state index contributed by atoms with van der Waals surface area (Å²) >= 11 is 6.22. The highest BCUT2D eigenvalue weighted by molar-refractivity contribution is 6.33. The summed E-state index contributed by atoms with van der Waals surface area (Å²) in [6.07, 6.45) is 1.24. The van der Waals surface area contributed by atoms with Crippen LogP contribution in [0.3, 0.4) is 0 Å². The number of nitro groups is 1. The maximum atomic E-state index is 12.4. The number of H-pyrrole nitrogens is 1. The van der Waals surface area contributed by atoms with Gasteiger partial charge in [-0.2, -0.15) is 5.10 Å². The first-order valence-electron chi connectivity index (χ1n) is 8.98. The predicted molar refractivity (Wildman–Crippen MR) is 116 cm³/mol. The summed E-state index contributed by atoms with van der Waals surface area (Å²) < 4.78 is 0. The molecule has 0 saturated carbocycles. The van der Waals surface area contributed by atoms with Gasteiger partial charge in [-0.1, -0.05) is 23.7 Å². The number of hydrogen-bond donors (Lipinski definition) is 3. The quantitative estimate of drug-likeness (QED) is 0.244. The number of nitro benzene ring substituents is 1. The van der Waals surface area contributed by atoms with Gasteiger partial charge in [0.2, 0.25) is 0 Å². The number of aromatic hydroxyl groups is 1. The van der Waals surface area contributed by atoms with Crippen molar-refractivity contribution < 1.29 is 14.8 Å². The van der Waals surface area contributed by atoms with Gasteiger partial charge in [0.15, 0.2) is 5.75 Å². The second-order valence-electron chi connectivity index (χ2n) is 6.50. The van der Waals surface area contributed by atoms with E-state index >= 15 is 0 Å². The number of nitrogens with zero attached hydrogens (tertiary/aromatic N) is 3. The molecule has 9 nitrogen and oxygen atoms in total. The Kier molecular flexibility index (Phi) is 5.33. The summed E-state index contributed by atoms with van der Waals surface area (Å²) in [4.78, 5) is 30.2. The predicted octanol–water partition coefficient (Wildman–Crippen LogP) is 4.26. The van der Waals surface area contributed by atoms with Gasteiger partial charge in [0.05, 0.1) is 27.2 Å². The molecule has 1 amide bonds. The number of halogens is 1. The van der Waals surface area contributed by atoms with Crippen LogP contribution in [-0.4, -0.2) is 32.1 Å². The standard InChI is InChI=1S/C21H14ClN5O4/c22-15-4-2-1-3-14(15)20-24-16-7-6-13(10-17(16)25-20)21(29)26-23-11-12-5-8-19(28)18(9-12)27(30)31/h1-11,28H,(H,24,25)(H,26,29)/b23-11+. The van der Waals surface area contributed by atoms with Crippen LogP contribution in [0.1, 0.15) is 15.9 Å². The second-order valence-corrected chi connectivity index (χ2v) is 6.91. The highest BCUT2D eigenvalue weighted by atomic mass is 35.5. The number of carbonyl (C=O) groups is 1. The van der Waals surface area contributed by atoms with E-state index in [-0.39, 0.29) is 0 Å². The average molecular weight is 436 g/mol. The molecular formula is C21H14ClN5O4. The maximum Gasteiger partial charge on any atom is 0.311 e. The van der Waals surface area contributed by atoms with Crippen molar-refractivity contribution in [3.05, 3.63) is 86.9 Å². The van der Waals surface area contributed by atoms with Gasteiger partial charge in [0.1, 0.15) is 5.82 Å². The van der Waals surface area contributed by atoms with E-state index in [0.29, 0.717) is 33.0 Å². The van der Waals surface area contributed by atoms with E-state index in [1.54, 1.807) is 24.3 Å². The summed E-state index contributed by atoms with van der Waals surface area (Å²) in [5.74, 6) is -0.333. The number of amides is 1. The van der Waals surface area contributed by atoms with Crippen molar-refractivity contribution in [2.75, 3.05) is 0 Å². The van der Waals surface area contributed by atoms with Crippen molar-refractivity contribution >= 4 is 40.4 Å². The Hall–Kier alpha value is -4.24. The smallest absolute Gasteiger partial charge is 0.311 e. The lowest BCUT2D eigenvalue weighted by Crippen LogP contribution is -2.17. The van der Waals surface area contributed by atoms with E-state index in [2.05, 4.69) is 20.5 Å². The monoisotopic (exact) mass is 435 g/mol. The van der Waals surface area contributed by atoms with E-state index in [1.807, 2.05) is 18.2 Å². The van der Waals surface area contributed by atoms with Crippen LogP contribution in [0.25, 0.3) is 22.4 Å². The number of carbonyl (C=O) groups excluding carboxylic acids is 1. The number of fused-ring (bicyclic) bond motifs is 1. The molecule has 0 bridgehead atoms. The fraction of sp³-hybridized carbons (Fsp3) is 0. The molecule has 1 aromatic heterocycles. The number of aromatic nitrogens is 2. The molecule has 0 aliphatic rings. The van der Waals surface area contributed by atoms with Gasteiger partial charge in [-0.3, -0.25) is 14.9 Å². The number of rotatable bonds is 5. The molecule has 0 unspecified atom stereocenters. The molecule has 154 valence electrons. The van der Waals surface area contributed by atoms with E-state index in [0.717, 1.165) is 11.6 Å². The number of imidazole rings is 1. The zero-order chi connectivity index (χ0) is 22.0. The zero-order valence-electron chi connectivity index (χ0n) is 15.7. The molecule has 3 N–H and O–H groups in total. The molecule has 0 aliphatic carbocycles. The Bertz CT molecular complexity index is 1350. The highest BCUT2D eigenvalue weighted by Gasteiger charge is 2.13. The molecule has 1 heterocycles. The Balaban J connectivity index is 1.52. The van der Waals surface area contributed by atoms with Gasteiger partial charge in [-0.15, -0.1) is 0 Å². The lowest BCUT2D eigenvalue weighted by Gasteiger charge is -2.00. The minimum atomic E-state index is -0.707. The van der Waals surface area contributed by atoms with Crippen LogP contribution in [-0.2, 0) is 0 Å². The van der Waals surface area contributed by atoms with Crippen molar-refractivity contribution in [1.82, 2.24) is 15.4 Å². The number of nitrogens with one attached hydrogen (secondary N) is 2. The largest absolute Gasteiger partial charge is 0.502 e. The molecule has 0 radical (unpaired) electrons. The summed E-state index contributed by atoms with van der Waals surface area (Å²) in [5.41, 5.74) is 4.68. The molecule has 10 heteroatoms. The molecule has 31 heavy (non-hydrogen) atoms. The van der Waals surface area contributed by atoms with E-state index < -0.39 is 22.3 Å². The number of benzene rings is 3. The van der Waals surface area contributed by atoms with Gasteiger partial charge >= 0.3 is 5.69 Å². The Morgan fingerprint density at radius 2 is 2.00 bits per heavy atom. The summed E-state index contributed by atoms with van der Waals surface area (Å²) in [6, 6.07) is 16.0. The maximum absolute atomic E-state index is 12.4. The fourth-order valence-electron chi connectivity index (χ4n) is 2.93. The van der Waals surface area contributed by atoms with Crippen molar-refractivity contribution in [2.45, 2.75) is 0 Å². The van der Waals surface area contributed by atoms with Crippen LogP contribution < -0.4 is 5.43 Å². The highest BCUT2D eigenvalue weighted by Crippen LogP contribution is 2.27. The van der Waals surface area contributed by atoms with Crippen LogP contribution in [0.5, 0.6) is 5.75 Å². The minimum Gasteiger partial charge on any atom is -0.502 e. The first kappa shape index (κ1) is 20.0. The molecule has 3 aromatic carbocycles. The van der Waals surface area contributed by atoms with Gasteiger partial charge in [-0.25, -0.2) is 10.4 Å². The SMILES string of the molecule is O=C(N/N=C/c1ccc(O)c([N+](=O)[O-])c1)c1ccc2nc(-c3ccccc3Cl)[nH]c2c1. The number of aromatic amines is 1. The number of phenols is 1. The summed E-state index contributed by atoms with van der Waals surface area (Å²) in [5, 5.41) is 24.7. The van der Waals surface area contributed by atoms with Crippen LogP contribution in [0.15, 0.2) is 65.8 Å². The first-order chi connectivity index (χ1) is 14.9. The van der Waals surface area contributed by atoms with Gasteiger partial charge in [-0.05, 0) is 42.5 Å². The van der Waals surface area contributed by atoms with Crippen LogP contribution in [0.4, 0.5) is 5.69 Å². The third-order valence-corrected chi connectivity index (χ3v) is 4.78. The van der Waals surface area contributed by atoms with Gasteiger partial charge < -0.3 is 10.1 Å². The van der Waals surface area contributed by atoms with E-state index in [4.69, 9.17) is 11.6 Å². The molecule has 0 spiro atoms. The minimum absolute atomic E-state index is 0.343. The Labute approximate surface area is 180 Å². The van der Waals surface area contributed by atoms with Crippen LogP contribution >= 0.6 is 11.6 Å². The summed E-state index contributed by atoms with van der Waals surface area (Å²) in [6.45, 7) is 0. The lowest BCUT2D eigenvalue weighted by molar-refractivity contribution is -0.385. The first-order valence-corrected chi connectivity index (χ1v) is 9.35. The van der Waals surface area contributed by atoms with Gasteiger partial charge in [0, 0.05) is 22.8 Å². The second kappa shape index (κ2) is 8.25. The lowest BCUT2D eigenvalue weighted by atomic mass is 10.2. The normalized spacial score (nSPS) is 11.1. The molecule has 0 fully saturated rings. The third-order valence-electron chi connectivity index (χ3n) is 4.45. The zero-order valence-corrected chi connectivity index (χ0v) is 16.5. The molecular weight excluding hydrogens is 422 g/mol. The molecule has 0 aliphatic heterocycles. The average Bonchev–Trinajstić information content (AvgIpc) is 3.18. The van der Waals surface area contributed by atoms with E-state index in [1.165, 1.54) is 18.3 Å². The Morgan fingerprint density at radius 1 is 1.19 bits per heavy atom. The fourth-order valence-corrected chi connectivity index (χ4v) is 3.15. The van der Waals surface area contributed by atoms with Crippen molar-refractivity contribution in [2.24, 2.45) is 5.10 Å². The molecule has 4 aromatic rings. The van der Waals surface area contributed by atoms with Crippen molar-refractivity contribution in [3.63, 3.8) is 0 Å². The topological polar surface area (TPSA) is 134 Å². The molecule has 4 rings (SSSR count). The van der Waals surface area contributed by atoms with Crippen LogP contribution in [0.2, 0.25) is 5.02 Å². The van der Waals surface area contributed by atoms with E-state index in [9.17, 15) is 20.0 Å². The number of hydrogen-bond acceptors (Lipinski definition) is 6. The molecule has 0 atom stereocenters. The number of phenolic OH excluding ortho intramolecular Hbond substituents is 1. The van der Waals surface area contributed by atoms with Gasteiger partial charge in [0.25, 0.3) is 5.91 Å². The Morgan fingerprint density at radius 3 is 2.77 bits per heavy atom. The van der Waals surface area contributed by atoms with Crippen molar-refractivity contribution in [3.8, 4) is 17.1 Å². The molecule has 0 saturated heterocycles. The van der Waals surface area contributed by atoms with Crippen molar-refractivity contribution in [1.29, 1.82) is 0 Å². The summed E-state index contributed by atoms with van der Waals surface area (Å²) in [7, 11) is 0.